The number of likely N-dealkylation sites (tertiary alicyclic amines) is 1. The van der Waals surface area contributed by atoms with Gasteiger partial charge in [0.05, 0.1) is 28.3 Å². The van der Waals surface area contributed by atoms with Gasteiger partial charge in [0.1, 0.15) is 12.4 Å². The van der Waals surface area contributed by atoms with Crippen LogP contribution in [0.5, 0.6) is 0 Å². The molecule has 5 rings (SSSR count). The Morgan fingerprint density at radius 3 is 2.38 bits per heavy atom. The van der Waals surface area contributed by atoms with Crippen molar-refractivity contribution >= 4 is 40.2 Å². The summed E-state index contributed by atoms with van der Waals surface area (Å²) in [7, 11) is -2.59. The fourth-order valence-corrected chi connectivity index (χ4v) is 7.09. The van der Waals surface area contributed by atoms with E-state index in [1.54, 1.807) is 41.1 Å². The van der Waals surface area contributed by atoms with E-state index in [0.29, 0.717) is 34.6 Å². The quantitative estimate of drug-likeness (QED) is 0.108. The Bertz CT molecular complexity index is 1760. The molecular weight excluding hydrogens is 646 g/mol. The standard InChI is InChI=1S/C33H45F3N6O3SSi/c1-40-15-13-24(14-16-40)38-28-7-6-8-30-27(28)20-31(42(30)33(36)32(34)35)29-19-25(41(39-29)22-45-17-18-47(3,4)5)21-37-23-9-11-26(12-10-23)46(2,43)44/h6-12,19-20,24,32-33,37-38H,13-18,21-22H2,1-5H3. The molecule has 9 nitrogen and oxygen atoms in total. The van der Waals surface area contributed by atoms with Crippen molar-refractivity contribution in [3.63, 3.8) is 0 Å². The fraction of sp³-hybridized carbons (Fsp3) is 0.485. The van der Waals surface area contributed by atoms with Crippen molar-refractivity contribution in [1.29, 1.82) is 0 Å². The van der Waals surface area contributed by atoms with Crippen LogP contribution in [0.2, 0.25) is 25.7 Å². The number of piperidine rings is 1. The van der Waals surface area contributed by atoms with E-state index in [1.807, 2.05) is 6.07 Å². The Morgan fingerprint density at radius 2 is 1.74 bits per heavy atom. The van der Waals surface area contributed by atoms with Gasteiger partial charge in [-0.1, -0.05) is 25.7 Å². The van der Waals surface area contributed by atoms with Crippen molar-refractivity contribution in [1.82, 2.24) is 19.2 Å². The average Bonchev–Trinajstić information content (AvgIpc) is 3.60. The number of hydrogen-bond acceptors (Lipinski definition) is 7. The Balaban J connectivity index is 1.50. The summed E-state index contributed by atoms with van der Waals surface area (Å²) in [6.45, 7) is 9.65. The highest BCUT2D eigenvalue weighted by atomic mass is 32.2. The molecule has 47 heavy (non-hydrogen) atoms. The molecule has 3 heterocycles. The third kappa shape index (κ3) is 8.78. The number of ether oxygens (including phenoxy) is 1. The summed E-state index contributed by atoms with van der Waals surface area (Å²) in [4.78, 5) is 2.48. The third-order valence-electron chi connectivity index (χ3n) is 8.51. The Morgan fingerprint density at radius 1 is 1.04 bits per heavy atom. The zero-order valence-electron chi connectivity index (χ0n) is 27.6. The zero-order chi connectivity index (χ0) is 33.9. The van der Waals surface area contributed by atoms with Gasteiger partial charge in [0.2, 0.25) is 6.30 Å². The molecule has 0 radical (unpaired) electrons. The number of nitrogens with one attached hydrogen (secondary N) is 2. The van der Waals surface area contributed by atoms with Gasteiger partial charge in [-0.05, 0) is 87.6 Å². The predicted octanol–water partition coefficient (Wildman–Crippen LogP) is 7.07. The molecule has 1 saturated heterocycles. The van der Waals surface area contributed by atoms with E-state index >= 15 is 4.39 Å². The molecule has 1 fully saturated rings. The number of halogens is 3. The van der Waals surface area contributed by atoms with E-state index in [1.165, 1.54) is 12.1 Å². The Kier molecular flexibility index (Phi) is 10.7. The molecule has 4 aromatic rings. The molecule has 14 heteroatoms. The largest absolute Gasteiger partial charge is 0.382 e. The van der Waals surface area contributed by atoms with Crippen LogP contribution in [0.15, 0.2) is 59.5 Å². The molecule has 1 unspecified atom stereocenters. The van der Waals surface area contributed by atoms with E-state index in [9.17, 15) is 17.2 Å². The summed E-state index contributed by atoms with van der Waals surface area (Å²) in [5, 5.41) is 12.3. The smallest absolute Gasteiger partial charge is 0.288 e. The highest BCUT2D eigenvalue weighted by Gasteiger charge is 2.29. The van der Waals surface area contributed by atoms with Gasteiger partial charge in [0.15, 0.2) is 9.84 Å². The van der Waals surface area contributed by atoms with Crippen molar-refractivity contribution < 1.29 is 26.3 Å². The van der Waals surface area contributed by atoms with Gasteiger partial charge in [-0.15, -0.1) is 0 Å². The van der Waals surface area contributed by atoms with Crippen molar-refractivity contribution in [2.45, 2.75) is 75.5 Å². The molecule has 256 valence electrons. The third-order valence-corrected chi connectivity index (χ3v) is 11.3. The number of benzene rings is 2. The molecule has 2 aromatic heterocycles. The maximum Gasteiger partial charge on any atom is 0.288 e. The molecule has 1 aliphatic heterocycles. The summed E-state index contributed by atoms with van der Waals surface area (Å²) in [5.74, 6) is 0. The topological polar surface area (TPSA) is 93.4 Å². The molecule has 0 spiro atoms. The monoisotopic (exact) mass is 690 g/mol. The lowest BCUT2D eigenvalue weighted by Gasteiger charge is -2.30. The zero-order valence-corrected chi connectivity index (χ0v) is 29.5. The van der Waals surface area contributed by atoms with Crippen LogP contribution in [-0.2, 0) is 27.8 Å². The predicted molar refractivity (Wildman–Crippen MR) is 184 cm³/mol. The molecule has 1 atom stereocenters. The van der Waals surface area contributed by atoms with Crippen LogP contribution in [-0.4, -0.2) is 81.2 Å². The summed E-state index contributed by atoms with van der Waals surface area (Å²) < 4.78 is 75.9. The molecule has 2 aromatic carbocycles. The second kappa shape index (κ2) is 14.4. The van der Waals surface area contributed by atoms with E-state index in [4.69, 9.17) is 9.84 Å². The highest BCUT2D eigenvalue weighted by Crippen LogP contribution is 2.38. The minimum Gasteiger partial charge on any atom is -0.382 e. The molecule has 0 amide bonds. The number of aromatic nitrogens is 3. The number of nitrogens with zero attached hydrogens (tertiary/aromatic N) is 4. The lowest BCUT2D eigenvalue weighted by atomic mass is 10.0. The van der Waals surface area contributed by atoms with Crippen molar-refractivity contribution in [3.8, 4) is 11.4 Å². The second-order valence-electron chi connectivity index (χ2n) is 13.6. The number of alkyl halides is 3. The number of fused-ring (bicyclic) bond motifs is 1. The van der Waals surface area contributed by atoms with Gasteiger partial charge >= 0.3 is 0 Å². The summed E-state index contributed by atoms with van der Waals surface area (Å²) in [6, 6.07) is 16.4. The van der Waals surface area contributed by atoms with E-state index < -0.39 is 30.6 Å². The van der Waals surface area contributed by atoms with Crippen LogP contribution in [0.25, 0.3) is 22.3 Å². The maximum absolute atomic E-state index is 15.4. The number of rotatable bonds is 14. The van der Waals surface area contributed by atoms with Crippen LogP contribution >= 0.6 is 0 Å². The lowest BCUT2D eigenvalue weighted by Crippen LogP contribution is -2.36. The fourth-order valence-electron chi connectivity index (χ4n) is 5.70. The van der Waals surface area contributed by atoms with Gasteiger partial charge in [0.25, 0.3) is 6.43 Å². The van der Waals surface area contributed by atoms with Crippen LogP contribution in [0.4, 0.5) is 24.5 Å². The summed E-state index contributed by atoms with van der Waals surface area (Å²) in [5.41, 5.74) is 3.09. The van der Waals surface area contributed by atoms with Crippen molar-refractivity contribution in [2.75, 3.05) is 43.6 Å². The van der Waals surface area contributed by atoms with Crippen LogP contribution in [0.1, 0.15) is 24.8 Å². The first-order valence-corrected chi connectivity index (χ1v) is 21.5. The number of anilines is 2. The first-order chi connectivity index (χ1) is 22.2. The highest BCUT2D eigenvalue weighted by molar-refractivity contribution is 7.90. The average molecular weight is 691 g/mol. The molecule has 1 aliphatic rings. The summed E-state index contributed by atoms with van der Waals surface area (Å²) in [6.07, 6.45) is -2.77. The van der Waals surface area contributed by atoms with Crippen molar-refractivity contribution in [3.05, 3.63) is 60.3 Å². The minimum atomic E-state index is -3.33. The lowest BCUT2D eigenvalue weighted by molar-refractivity contribution is 0.0115. The Labute approximate surface area is 276 Å². The maximum atomic E-state index is 15.4. The SMILES string of the molecule is CN1CCC(Nc2cccc3c2cc(-c2cc(CNc4ccc(S(C)(=O)=O)cc4)n(COCC[Si](C)(C)C)n2)n3C(F)C(F)F)CC1. The van der Waals surface area contributed by atoms with Gasteiger partial charge in [-0.25, -0.2) is 26.3 Å². The molecule has 0 aliphatic carbocycles. The Hall–Kier alpha value is -3.33. The van der Waals surface area contributed by atoms with Gasteiger partial charge in [0, 0.05) is 43.7 Å². The molecule has 0 saturated carbocycles. The molecular formula is C33H45F3N6O3SSi. The van der Waals surface area contributed by atoms with Crippen LogP contribution in [0, 0.1) is 0 Å². The normalized spacial score (nSPS) is 15.9. The first-order valence-electron chi connectivity index (χ1n) is 15.9. The second-order valence-corrected chi connectivity index (χ2v) is 21.2. The minimum absolute atomic E-state index is 0.131. The van der Waals surface area contributed by atoms with Gasteiger partial charge in [-0.2, -0.15) is 5.10 Å². The van der Waals surface area contributed by atoms with E-state index in [2.05, 4.69) is 42.2 Å². The molecule has 2 N–H and O–H groups in total. The number of hydrogen-bond donors (Lipinski definition) is 2. The van der Waals surface area contributed by atoms with Crippen LogP contribution in [0.3, 0.4) is 0 Å². The van der Waals surface area contributed by atoms with E-state index in [0.717, 1.165) is 48.5 Å². The van der Waals surface area contributed by atoms with E-state index in [-0.39, 0.29) is 29.9 Å². The summed E-state index contributed by atoms with van der Waals surface area (Å²) >= 11 is 0. The number of sulfone groups is 1. The van der Waals surface area contributed by atoms with Gasteiger partial charge < -0.3 is 24.8 Å². The van der Waals surface area contributed by atoms with Crippen LogP contribution < -0.4 is 10.6 Å². The molecule has 0 bridgehead atoms. The van der Waals surface area contributed by atoms with Crippen molar-refractivity contribution in [2.24, 2.45) is 0 Å². The first kappa shape index (κ1) is 35.0. The van der Waals surface area contributed by atoms with Gasteiger partial charge in [-0.3, -0.25) is 0 Å².